The molecule has 4 amide bonds. The Bertz CT molecular complexity index is 475. The van der Waals surface area contributed by atoms with Crippen LogP contribution >= 0.6 is 0 Å². The van der Waals surface area contributed by atoms with Crippen molar-refractivity contribution in [1.82, 2.24) is 15.5 Å². The van der Waals surface area contributed by atoms with Gasteiger partial charge >= 0.3 is 6.03 Å². The van der Waals surface area contributed by atoms with Gasteiger partial charge in [0.15, 0.2) is 0 Å². The van der Waals surface area contributed by atoms with E-state index in [0.717, 1.165) is 24.2 Å². The lowest BCUT2D eigenvalue weighted by Gasteiger charge is -2.22. The highest BCUT2D eigenvalue weighted by Gasteiger charge is 2.56. The van der Waals surface area contributed by atoms with Crippen molar-refractivity contribution < 1.29 is 14.4 Å². The summed E-state index contributed by atoms with van der Waals surface area (Å²) in [5.74, 6) is -0.0542. The predicted molar refractivity (Wildman–Crippen MR) is 81.8 cm³/mol. The Labute approximate surface area is 131 Å². The Morgan fingerprint density at radius 3 is 2.59 bits per heavy atom. The quantitative estimate of drug-likeness (QED) is 0.584. The molecule has 1 saturated carbocycles. The van der Waals surface area contributed by atoms with Crippen molar-refractivity contribution >= 4 is 17.8 Å². The van der Waals surface area contributed by atoms with Crippen LogP contribution in [-0.4, -0.2) is 47.4 Å². The summed E-state index contributed by atoms with van der Waals surface area (Å²) < 4.78 is 0. The van der Waals surface area contributed by atoms with Crippen molar-refractivity contribution in [3.63, 3.8) is 0 Å². The highest BCUT2D eigenvalue weighted by atomic mass is 16.2. The van der Waals surface area contributed by atoms with E-state index in [9.17, 15) is 14.4 Å². The molecule has 0 aromatic heterocycles. The van der Waals surface area contributed by atoms with Gasteiger partial charge in [-0.3, -0.25) is 14.5 Å². The van der Waals surface area contributed by atoms with Crippen LogP contribution in [0, 0.1) is 11.8 Å². The summed E-state index contributed by atoms with van der Waals surface area (Å²) in [5.41, 5.74) is 4.80. The van der Waals surface area contributed by atoms with Gasteiger partial charge in [0.05, 0.1) is 0 Å². The molecule has 2 atom stereocenters. The lowest BCUT2D eigenvalue weighted by molar-refractivity contribution is -0.135. The van der Waals surface area contributed by atoms with Gasteiger partial charge in [0.25, 0.3) is 5.91 Å². The van der Waals surface area contributed by atoms with Crippen LogP contribution < -0.4 is 16.4 Å². The first-order valence-electron chi connectivity index (χ1n) is 7.91. The summed E-state index contributed by atoms with van der Waals surface area (Å²) in [6, 6.07) is -0.620. The minimum atomic E-state index is -0.845. The van der Waals surface area contributed by atoms with Crippen LogP contribution in [0.25, 0.3) is 0 Å². The molecule has 7 heteroatoms. The van der Waals surface area contributed by atoms with Crippen LogP contribution in [0.5, 0.6) is 0 Å². The van der Waals surface area contributed by atoms with Crippen molar-refractivity contribution in [2.24, 2.45) is 17.6 Å². The van der Waals surface area contributed by atoms with Crippen molar-refractivity contribution in [2.45, 2.75) is 51.6 Å². The minimum Gasteiger partial charge on any atom is -0.351 e. The van der Waals surface area contributed by atoms with Crippen LogP contribution in [0.3, 0.4) is 0 Å². The molecule has 0 aromatic rings. The number of imide groups is 1. The number of carbonyl (C=O) groups is 3. The van der Waals surface area contributed by atoms with Gasteiger partial charge in [0.1, 0.15) is 12.1 Å². The average molecular weight is 310 g/mol. The molecule has 0 spiro atoms. The zero-order chi connectivity index (χ0) is 16.5. The van der Waals surface area contributed by atoms with Gasteiger partial charge in [-0.15, -0.1) is 0 Å². The largest absolute Gasteiger partial charge is 0.351 e. The molecule has 124 valence electrons. The van der Waals surface area contributed by atoms with E-state index in [1.807, 2.05) is 13.8 Å². The molecule has 0 bridgehead atoms. The molecular formula is C15H26N4O3. The van der Waals surface area contributed by atoms with Gasteiger partial charge in [-0.1, -0.05) is 13.8 Å². The second-order valence-corrected chi connectivity index (χ2v) is 6.93. The molecule has 2 rings (SSSR count). The van der Waals surface area contributed by atoms with E-state index in [1.165, 1.54) is 0 Å². The SMILES string of the molecule is CC(C)CC(CN)NC(=O)CN1C(=O)NC(C)(C2CC2)C1=O. The van der Waals surface area contributed by atoms with Crippen molar-refractivity contribution in [3.05, 3.63) is 0 Å². The first-order valence-corrected chi connectivity index (χ1v) is 7.91. The number of amides is 4. The molecule has 22 heavy (non-hydrogen) atoms. The zero-order valence-electron chi connectivity index (χ0n) is 13.5. The van der Waals surface area contributed by atoms with Crippen molar-refractivity contribution in [1.29, 1.82) is 0 Å². The smallest absolute Gasteiger partial charge is 0.325 e. The summed E-state index contributed by atoms with van der Waals surface area (Å²) in [6.07, 6.45) is 2.64. The number of urea groups is 1. The molecule has 2 fully saturated rings. The van der Waals surface area contributed by atoms with E-state index >= 15 is 0 Å². The first kappa shape index (κ1) is 16.7. The molecule has 7 nitrogen and oxygen atoms in total. The maximum Gasteiger partial charge on any atom is 0.325 e. The lowest BCUT2D eigenvalue weighted by Crippen LogP contribution is -2.48. The fourth-order valence-corrected chi connectivity index (χ4v) is 3.00. The number of hydrogen-bond donors (Lipinski definition) is 3. The van der Waals surface area contributed by atoms with Gasteiger partial charge in [-0.05, 0) is 38.0 Å². The van der Waals surface area contributed by atoms with E-state index in [1.54, 1.807) is 6.92 Å². The number of carbonyl (C=O) groups excluding carboxylic acids is 3. The van der Waals surface area contributed by atoms with Crippen molar-refractivity contribution in [2.75, 3.05) is 13.1 Å². The van der Waals surface area contributed by atoms with Crippen LogP contribution in [0.2, 0.25) is 0 Å². The highest BCUT2D eigenvalue weighted by Crippen LogP contribution is 2.42. The highest BCUT2D eigenvalue weighted by molar-refractivity contribution is 6.09. The Balaban J connectivity index is 1.93. The molecule has 0 aromatic carbocycles. The summed E-state index contributed by atoms with van der Waals surface area (Å²) in [4.78, 5) is 37.5. The maximum atomic E-state index is 12.4. The van der Waals surface area contributed by atoms with Gasteiger partial charge in [-0.25, -0.2) is 4.79 Å². The van der Waals surface area contributed by atoms with Gasteiger partial charge in [0, 0.05) is 12.6 Å². The third-order valence-electron chi connectivity index (χ3n) is 4.40. The number of nitrogens with zero attached hydrogens (tertiary/aromatic N) is 1. The lowest BCUT2D eigenvalue weighted by atomic mass is 9.96. The summed E-state index contributed by atoms with van der Waals surface area (Å²) in [6.45, 7) is 5.93. The second-order valence-electron chi connectivity index (χ2n) is 6.93. The van der Waals surface area contributed by atoms with Crippen LogP contribution in [0.1, 0.15) is 40.0 Å². The van der Waals surface area contributed by atoms with Crippen LogP contribution in [0.15, 0.2) is 0 Å². The average Bonchev–Trinajstić information content (AvgIpc) is 3.24. The van der Waals surface area contributed by atoms with E-state index in [2.05, 4.69) is 10.6 Å². The molecule has 1 heterocycles. The summed E-state index contributed by atoms with van der Waals surface area (Å²) in [5, 5.41) is 5.53. The molecule has 1 saturated heterocycles. The normalized spacial score (nSPS) is 26.3. The summed E-state index contributed by atoms with van der Waals surface area (Å²) in [7, 11) is 0. The fraction of sp³-hybridized carbons (Fsp3) is 0.800. The van der Waals surface area contributed by atoms with Crippen LogP contribution in [0.4, 0.5) is 4.79 Å². The Hall–Kier alpha value is -1.63. The number of nitrogens with two attached hydrogens (primary N) is 1. The van der Waals surface area contributed by atoms with Gasteiger partial charge in [0.2, 0.25) is 5.91 Å². The van der Waals surface area contributed by atoms with Gasteiger partial charge in [-0.2, -0.15) is 0 Å². The molecule has 4 N–H and O–H groups in total. The first-order chi connectivity index (χ1) is 10.3. The standard InChI is InChI=1S/C15H26N4O3/c1-9(2)6-11(7-16)17-12(20)8-19-13(21)15(3,10-4-5-10)18-14(19)22/h9-11H,4-8,16H2,1-3H3,(H,17,20)(H,18,22). The number of rotatable bonds is 7. The predicted octanol–water partition coefficient (Wildman–Crippen LogP) is 0.197. The maximum absolute atomic E-state index is 12.4. The minimum absolute atomic E-state index is 0.136. The Kier molecular flexibility index (Phi) is 4.75. The third-order valence-corrected chi connectivity index (χ3v) is 4.40. The molecule has 2 aliphatic rings. The molecule has 1 aliphatic carbocycles. The van der Waals surface area contributed by atoms with E-state index < -0.39 is 11.6 Å². The van der Waals surface area contributed by atoms with Gasteiger partial charge < -0.3 is 16.4 Å². The topological polar surface area (TPSA) is 105 Å². The molecule has 2 unspecified atom stereocenters. The number of nitrogens with one attached hydrogen (secondary N) is 2. The zero-order valence-corrected chi connectivity index (χ0v) is 13.5. The van der Waals surface area contributed by atoms with E-state index in [0.29, 0.717) is 12.5 Å². The third kappa shape index (κ3) is 3.40. The second kappa shape index (κ2) is 6.24. The van der Waals surface area contributed by atoms with Crippen molar-refractivity contribution in [3.8, 4) is 0 Å². The van der Waals surface area contributed by atoms with E-state index in [-0.39, 0.29) is 30.3 Å². The summed E-state index contributed by atoms with van der Waals surface area (Å²) >= 11 is 0. The monoisotopic (exact) mass is 310 g/mol. The fourth-order valence-electron chi connectivity index (χ4n) is 3.00. The Morgan fingerprint density at radius 1 is 1.45 bits per heavy atom. The molecule has 1 aliphatic heterocycles. The Morgan fingerprint density at radius 2 is 2.09 bits per heavy atom. The van der Waals surface area contributed by atoms with Crippen LogP contribution in [-0.2, 0) is 9.59 Å². The molecule has 0 radical (unpaired) electrons. The molecular weight excluding hydrogens is 284 g/mol. The number of hydrogen-bond acceptors (Lipinski definition) is 4. The van der Waals surface area contributed by atoms with E-state index in [4.69, 9.17) is 5.73 Å².